The minimum absolute atomic E-state index is 0.0203. The van der Waals surface area contributed by atoms with Crippen LogP contribution in [0.3, 0.4) is 0 Å². The smallest absolute Gasteiger partial charge is 0.349 e. The van der Waals surface area contributed by atoms with Gasteiger partial charge in [-0.25, -0.2) is 14.2 Å². The molecule has 1 amide bonds. The molecule has 3 aromatic carbocycles. The van der Waals surface area contributed by atoms with Crippen LogP contribution in [0.15, 0.2) is 78.9 Å². The number of anilines is 1. The first-order valence-corrected chi connectivity index (χ1v) is 15.5. The minimum atomic E-state index is -1.02. The molecular formula is C36H48FN3O5. The van der Waals surface area contributed by atoms with Crippen LogP contribution in [0.25, 0.3) is 0 Å². The molecule has 5 rings (SSSR count). The Balaban J connectivity index is 0.000000237. The number of carbonyl (C=O) groups excluding carboxylic acids is 2. The Morgan fingerprint density at radius 2 is 1.67 bits per heavy atom. The van der Waals surface area contributed by atoms with Gasteiger partial charge in [-0.3, -0.25) is 9.63 Å². The van der Waals surface area contributed by atoms with Crippen molar-refractivity contribution in [2.24, 2.45) is 0 Å². The summed E-state index contributed by atoms with van der Waals surface area (Å²) in [6.07, 6.45) is 2.85. The number of hydroxylamine groups is 1. The number of likely N-dealkylation sites (tertiary alicyclic amines) is 1. The van der Waals surface area contributed by atoms with Gasteiger partial charge in [0.15, 0.2) is 5.60 Å². The minimum Gasteiger partial charge on any atom is -0.476 e. The fourth-order valence-corrected chi connectivity index (χ4v) is 5.07. The molecule has 0 aromatic heterocycles. The number of hydrogen-bond acceptors (Lipinski definition) is 7. The number of carbonyl (C=O) groups is 2. The van der Waals surface area contributed by atoms with Gasteiger partial charge in [0.2, 0.25) is 6.41 Å². The van der Waals surface area contributed by atoms with Gasteiger partial charge in [0, 0.05) is 13.1 Å². The highest BCUT2D eigenvalue weighted by Crippen LogP contribution is 2.44. The van der Waals surface area contributed by atoms with E-state index in [1.807, 2.05) is 73.5 Å². The van der Waals surface area contributed by atoms with Crippen LogP contribution < -0.4 is 15.1 Å². The Kier molecular flexibility index (Phi) is 12.9. The first kappa shape index (κ1) is 35.5. The van der Waals surface area contributed by atoms with Gasteiger partial charge < -0.3 is 19.7 Å². The largest absolute Gasteiger partial charge is 0.476 e. The van der Waals surface area contributed by atoms with Gasteiger partial charge in [0.1, 0.15) is 17.2 Å². The molecule has 1 spiro atoms. The highest BCUT2D eigenvalue weighted by atomic mass is 19.1. The van der Waals surface area contributed by atoms with E-state index in [1.165, 1.54) is 12.1 Å². The second kappa shape index (κ2) is 16.4. The molecule has 2 heterocycles. The molecule has 0 saturated carbocycles. The lowest BCUT2D eigenvalue weighted by molar-refractivity contribution is -0.205. The molecule has 8 nitrogen and oxygen atoms in total. The Hall–Kier alpha value is -3.95. The SMILES string of the molecule is CC(NC=O)c1ccccc1.CCOC(=O)C(C)(C)Oc1ccc(N2OC3(CCN(C)CC3)C2C)cc1.Cc1ccc(F)cc1. The molecule has 2 unspecified atom stereocenters. The maximum atomic E-state index is 12.1. The number of piperidine rings is 1. The van der Waals surface area contributed by atoms with Crippen molar-refractivity contribution in [3.05, 3.63) is 95.8 Å². The number of nitrogens with zero attached hydrogens (tertiary/aromatic N) is 2. The van der Waals surface area contributed by atoms with Crippen molar-refractivity contribution >= 4 is 18.1 Å². The summed E-state index contributed by atoms with van der Waals surface area (Å²) in [7, 11) is 2.16. The number of nitrogens with one attached hydrogen (secondary N) is 1. The number of esters is 1. The number of amides is 1. The number of benzene rings is 3. The summed E-state index contributed by atoms with van der Waals surface area (Å²) < 4.78 is 23.0. The van der Waals surface area contributed by atoms with Gasteiger partial charge in [-0.2, -0.15) is 0 Å². The van der Waals surface area contributed by atoms with Crippen molar-refractivity contribution < 1.29 is 28.3 Å². The van der Waals surface area contributed by atoms with Crippen LogP contribution in [0.2, 0.25) is 0 Å². The van der Waals surface area contributed by atoms with Crippen LogP contribution in [-0.4, -0.2) is 61.3 Å². The van der Waals surface area contributed by atoms with Crippen LogP contribution >= 0.6 is 0 Å². The Morgan fingerprint density at radius 1 is 1.07 bits per heavy atom. The molecule has 0 bridgehead atoms. The van der Waals surface area contributed by atoms with Crippen LogP contribution in [0.1, 0.15) is 64.6 Å². The van der Waals surface area contributed by atoms with E-state index in [2.05, 4.69) is 24.2 Å². The number of rotatable bonds is 8. The summed E-state index contributed by atoms with van der Waals surface area (Å²) in [5.41, 5.74) is 2.18. The number of aryl methyl sites for hydroxylation is 1. The first-order valence-electron chi connectivity index (χ1n) is 15.5. The second-order valence-electron chi connectivity index (χ2n) is 12.0. The third kappa shape index (κ3) is 10.0. The van der Waals surface area contributed by atoms with Gasteiger partial charge in [-0.1, -0.05) is 48.0 Å². The highest BCUT2D eigenvalue weighted by molar-refractivity contribution is 5.79. The van der Waals surface area contributed by atoms with Crippen molar-refractivity contribution in [1.29, 1.82) is 0 Å². The van der Waals surface area contributed by atoms with E-state index in [0.29, 0.717) is 18.4 Å². The highest BCUT2D eigenvalue weighted by Gasteiger charge is 2.53. The average molecular weight is 622 g/mol. The van der Waals surface area contributed by atoms with Crippen molar-refractivity contribution in [2.75, 3.05) is 31.8 Å². The summed E-state index contributed by atoms with van der Waals surface area (Å²) in [4.78, 5) is 30.6. The summed E-state index contributed by atoms with van der Waals surface area (Å²) in [5.74, 6) is 0.0950. The Labute approximate surface area is 267 Å². The third-order valence-corrected chi connectivity index (χ3v) is 8.09. The fourth-order valence-electron chi connectivity index (χ4n) is 5.07. The van der Waals surface area contributed by atoms with Gasteiger partial charge >= 0.3 is 5.97 Å². The average Bonchev–Trinajstić information content (AvgIpc) is 3.03. The lowest BCUT2D eigenvalue weighted by Gasteiger charge is -2.58. The predicted molar refractivity (Wildman–Crippen MR) is 175 cm³/mol. The summed E-state index contributed by atoms with van der Waals surface area (Å²) in [5, 5.41) is 4.66. The van der Waals surface area contributed by atoms with Crippen LogP contribution in [-0.2, 0) is 19.2 Å². The molecule has 2 saturated heterocycles. The van der Waals surface area contributed by atoms with E-state index >= 15 is 0 Å². The monoisotopic (exact) mass is 621 g/mol. The van der Waals surface area contributed by atoms with Gasteiger partial charge in [-0.05, 0) is 103 Å². The van der Waals surface area contributed by atoms with E-state index < -0.39 is 5.60 Å². The number of halogens is 1. The molecular weight excluding hydrogens is 573 g/mol. The van der Waals surface area contributed by atoms with Crippen molar-refractivity contribution in [2.45, 2.75) is 77.7 Å². The zero-order chi connectivity index (χ0) is 33.0. The Bertz CT molecular complexity index is 1310. The number of ether oxygens (including phenoxy) is 2. The van der Waals surface area contributed by atoms with Crippen molar-refractivity contribution in [3.63, 3.8) is 0 Å². The zero-order valence-electron chi connectivity index (χ0n) is 27.6. The van der Waals surface area contributed by atoms with Gasteiger partial charge in [0.05, 0.1) is 24.4 Å². The molecule has 244 valence electrons. The quantitative estimate of drug-likeness (QED) is 0.223. The van der Waals surface area contributed by atoms with Crippen molar-refractivity contribution in [1.82, 2.24) is 10.2 Å². The first-order chi connectivity index (χ1) is 21.4. The molecule has 2 aliphatic rings. The van der Waals surface area contributed by atoms with E-state index in [1.54, 1.807) is 32.9 Å². The second-order valence-corrected chi connectivity index (χ2v) is 12.0. The molecule has 2 atom stereocenters. The van der Waals surface area contributed by atoms with Crippen molar-refractivity contribution in [3.8, 4) is 5.75 Å². The maximum Gasteiger partial charge on any atom is 0.349 e. The van der Waals surface area contributed by atoms with E-state index in [4.69, 9.17) is 14.3 Å². The van der Waals surface area contributed by atoms with Crippen LogP contribution in [0.4, 0.5) is 10.1 Å². The summed E-state index contributed by atoms with van der Waals surface area (Å²) >= 11 is 0. The lowest BCUT2D eigenvalue weighted by Crippen LogP contribution is -2.69. The Morgan fingerprint density at radius 3 is 2.18 bits per heavy atom. The summed E-state index contributed by atoms with van der Waals surface area (Å²) in [6.45, 7) is 13.8. The molecule has 1 N–H and O–H groups in total. The molecule has 45 heavy (non-hydrogen) atoms. The fraction of sp³-hybridized carbons (Fsp3) is 0.444. The molecule has 3 aromatic rings. The molecule has 0 radical (unpaired) electrons. The predicted octanol–water partition coefficient (Wildman–Crippen LogP) is 6.64. The molecule has 0 aliphatic carbocycles. The van der Waals surface area contributed by atoms with E-state index in [9.17, 15) is 14.0 Å². The molecule has 2 fully saturated rings. The van der Waals surface area contributed by atoms with Crippen LogP contribution in [0, 0.1) is 12.7 Å². The topological polar surface area (TPSA) is 80.3 Å². The molecule has 9 heteroatoms. The normalized spacial score (nSPS) is 17.8. The zero-order valence-corrected chi connectivity index (χ0v) is 27.6. The van der Waals surface area contributed by atoms with Gasteiger partial charge in [0.25, 0.3) is 0 Å². The van der Waals surface area contributed by atoms with E-state index in [0.717, 1.165) is 49.2 Å². The maximum absolute atomic E-state index is 12.1. The third-order valence-electron chi connectivity index (χ3n) is 8.09. The lowest BCUT2D eigenvalue weighted by atomic mass is 9.82. The van der Waals surface area contributed by atoms with Crippen LogP contribution in [0.5, 0.6) is 5.75 Å². The standard InChI is InChI=1S/C20H30N2O4.C9H11NO.C7H7F/c1-6-24-18(23)19(3,4)25-17-9-7-16(8-10-17)22-15(2)20(26-22)11-13-21(5)14-12-20;1-8(10-7-11)9-5-3-2-4-6-9;1-6-2-4-7(8)5-3-6/h7-10,15H,6,11-14H2,1-5H3;2-8H,1H3,(H,10,11);2-5H,1H3. The summed E-state index contributed by atoms with van der Waals surface area (Å²) in [6, 6.07) is 24.4. The van der Waals surface area contributed by atoms with E-state index in [-0.39, 0.29) is 23.4 Å². The molecule has 2 aliphatic heterocycles. The number of hydrogen-bond donors (Lipinski definition) is 1. The van der Waals surface area contributed by atoms with Gasteiger partial charge in [-0.15, -0.1) is 0 Å².